The summed E-state index contributed by atoms with van der Waals surface area (Å²) in [5, 5.41) is 0. The summed E-state index contributed by atoms with van der Waals surface area (Å²) < 4.78 is 29.6. The van der Waals surface area contributed by atoms with Gasteiger partial charge < -0.3 is 10.5 Å². The Bertz CT molecular complexity index is 260. The van der Waals surface area contributed by atoms with E-state index in [1.54, 1.807) is 0 Å². The lowest BCUT2D eigenvalue weighted by atomic mass is 10.0. The van der Waals surface area contributed by atoms with Gasteiger partial charge in [0.15, 0.2) is 0 Å². The van der Waals surface area contributed by atoms with Crippen LogP contribution in [0.3, 0.4) is 0 Å². The Hall–Kier alpha value is -0.170. The molecule has 6 heteroatoms. The van der Waals surface area contributed by atoms with E-state index >= 15 is 0 Å². The van der Waals surface area contributed by atoms with Gasteiger partial charge in [-0.2, -0.15) is 0 Å². The molecule has 1 heterocycles. The third-order valence-electron chi connectivity index (χ3n) is 2.34. The number of ether oxygens (including phenoxy) is 1. The average Bonchev–Trinajstić information content (AvgIpc) is 2.02. The molecular formula is C8H18N2O3S. The first-order valence-corrected chi connectivity index (χ1v) is 6.46. The van der Waals surface area contributed by atoms with Crippen molar-refractivity contribution < 1.29 is 13.2 Å². The number of hydrogen-bond donors (Lipinski definition) is 1. The monoisotopic (exact) mass is 222 g/mol. The minimum atomic E-state index is -3.09. The summed E-state index contributed by atoms with van der Waals surface area (Å²) in [5.41, 5.74) is 5.41. The van der Waals surface area contributed by atoms with Crippen LogP contribution in [0.5, 0.6) is 0 Å². The van der Waals surface area contributed by atoms with Gasteiger partial charge in [-0.3, -0.25) is 0 Å². The second-order valence-corrected chi connectivity index (χ2v) is 5.52. The van der Waals surface area contributed by atoms with Crippen LogP contribution >= 0.6 is 0 Å². The van der Waals surface area contributed by atoms with Crippen molar-refractivity contribution in [2.45, 2.75) is 6.92 Å². The standard InChI is InChI=1S/C8H18N2O3S/c1-2-13-3-4-14(11,12)10-6-8(5-9)7-10/h8H,2-7,9H2,1H3. The van der Waals surface area contributed by atoms with Gasteiger partial charge in [-0.05, 0) is 19.4 Å². The van der Waals surface area contributed by atoms with Crippen molar-refractivity contribution in [2.75, 3.05) is 38.6 Å². The molecule has 2 N–H and O–H groups in total. The number of sulfonamides is 1. The lowest BCUT2D eigenvalue weighted by Gasteiger charge is -2.37. The Morgan fingerprint density at radius 1 is 1.50 bits per heavy atom. The zero-order valence-electron chi connectivity index (χ0n) is 8.48. The van der Waals surface area contributed by atoms with Crippen LogP contribution in [0.1, 0.15) is 6.92 Å². The molecule has 0 aromatic rings. The Labute approximate surface area is 85.3 Å². The fraction of sp³-hybridized carbons (Fsp3) is 1.00. The van der Waals surface area contributed by atoms with Gasteiger partial charge in [0.1, 0.15) is 0 Å². The molecule has 84 valence electrons. The highest BCUT2D eigenvalue weighted by Crippen LogP contribution is 2.18. The van der Waals surface area contributed by atoms with E-state index in [0.29, 0.717) is 32.2 Å². The molecule has 0 bridgehead atoms. The highest BCUT2D eigenvalue weighted by Gasteiger charge is 2.34. The molecule has 1 aliphatic heterocycles. The molecule has 0 aliphatic carbocycles. The van der Waals surface area contributed by atoms with Gasteiger partial charge in [-0.25, -0.2) is 12.7 Å². The first-order valence-electron chi connectivity index (χ1n) is 4.85. The van der Waals surface area contributed by atoms with Crippen LogP contribution in [-0.4, -0.2) is 51.3 Å². The molecule has 14 heavy (non-hydrogen) atoms. The zero-order chi connectivity index (χ0) is 10.6. The van der Waals surface area contributed by atoms with Gasteiger partial charge in [0.05, 0.1) is 12.4 Å². The minimum Gasteiger partial charge on any atom is -0.381 e. The molecule has 1 aliphatic rings. The van der Waals surface area contributed by atoms with Crippen LogP contribution in [-0.2, 0) is 14.8 Å². The lowest BCUT2D eigenvalue weighted by Crippen LogP contribution is -2.53. The summed E-state index contributed by atoms with van der Waals surface area (Å²) in [5.74, 6) is 0.426. The molecule has 1 saturated heterocycles. The van der Waals surface area contributed by atoms with Crippen LogP contribution in [0.15, 0.2) is 0 Å². The van der Waals surface area contributed by atoms with Crippen molar-refractivity contribution in [1.82, 2.24) is 4.31 Å². The topological polar surface area (TPSA) is 72.6 Å². The first kappa shape index (κ1) is 11.9. The quantitative estimate of drug-likeness (QED) is 0.600. The van der Waals surface area contributed by atoms with Crippen molar-refractivity contribution in [3.8, 4) is 0 Å². The van der Waals surface area contributed by atoms with Crippen molar-refractivity contribution >= 4 is 10.0 Å². The van der Waals surface area contributed by atoms with Gasteiger partial charge in [0.2, 0.25) is 10.0 Å². The molecule has 0 saturated carbocycles. The molecule has 1 fully saturated rings. The molecule has 0 spiro atoms. The molecule has 0 radical (unpaired) electrons. The average molecular weight is 222 g/mol. The molecular weight excluding hydrogens is 204 g/mol. The lowest BCUT2D eigenvalue weighted by molar-refractivity contribution is 0.158. The van der Waals surface area contributed by atoms with E-state index in [1.807, 2.05) is 6.92 Å². The van der Waals surface area contributed by atoms with Gasteiger partial charge in [0.25, 0.3) is 0 Å². The third-order valence-corrected chi connectivity index (χ3v) is 4.11. The van der Waals surface area contributed by atoms with Crippen molar-refractivity contribution in [2.24, 2.45) is 11.7 Å². The summed E-state index contributed by atoms with van der Waals surface area (Å²) in [7, 11) is -3.09. The van der Waals surface area contributed by atoms with Crippen LogP contribution in [0.25, 0.3) is 0 Å². The van der Waals surface area contributed by atoms with Gasteiger partial charge >= 0.3 is 0 Å². The smallest absolute Gasteiger partial charge is 0.216 e. The maximum Gasteiger partial charge on any atom is 0.216 e. The normalized spacial score (nSPS) is 19.6. The van der Waals surface area contributed by atoms with Crippen molar-refractivity contribution in [3.05, 3.63) is 0 Å². The Kier molecular flexibility index (Phi) is 4.31. The highest BCUT2D eigenvalue weighted by molar-refractivity contribution is 7.89. The van der Waals surface area contributed by atoms with E-state index in [1.165, 1.54) is 4.31 Å². The van der Waals surface area contributed by atoms with Gasteiger partial charge in [-0.15, -0.1) is 0 Å². The fourth-order valence-corrected chi connectivity index (χ4v) is 2.80. The zero-order valence-corrected chi connectivity index (χ0v) is 9.29. The van der Waals surface area contributed by atoms with E-state index in [0.717, 1.165) is 0 Å². The maximum atomic E-state index is 11.6. The summed E-state index contributed by atoms with van der Waals surface area (Å²) in [6.45, 7) is 4.40. The predicted octanol–water partition coefficient (Wildman–Crippen LogP) is -0.757. The highest BCUT2D eigenvalue weighted by atomic mass is 32.2. The summed E-state index contributed by atoms with van der Waals surface area (Å²) in [4.78, 5) is 0. The Balaban J connectivity index is 2.29. The largest absolute Gasteiger partial charge is 0.381 e. The van der Waals surface area contributed by atoms with Crippen LogP contribution < -0.4 is 5.73 Å². The fourth-order valence-electron chi connectivity index (χ4n) is 1.34. The number of nitrogens with two attached hydrogens (primary N) is 1. The van der Waals surface area contributed by atoms with E-state index in [2.05, 4.69) is 0 Å². The van der Waals surface area contributed by atoms with Crippen LogP contribution in [0.4, 0.5) is 0 Å². The predicted molar refractivity (Wildman–Crippen MR) is 54.4 cm³/mol. The summed E-state index contributed by atoms with van der Waals surface area (Å²) in [6, 6.07) is 0. The Morgan fingerprint density at radius 3 is 2.64 bits per heavy atom. The number of rotatable bonds is 6. The molecule has 5 nitrogen and oxygen atoms in total. The molecule has 0 atom stereocenters. The second kappa shape index (κ2) is 5.06. The van der Waals surface area contributed by atoms with Crippen LogP contribution in [0.2, 0.25) is 0 Å². The minimum absolute atomic E-state index is 0.0815. The molecule has 1 rings (SSSR count). The summed E-state index contributed by atoms with van der Waals surface area (Å²) >= 11 is 0. The first-order chi connectivity index (χ1) is 6.60. The van der Waals surface area contributed by atoms with E-state index in [-0.39, 0.29) is 12.4 Å². The maximum absolute atomic E-state index is 11.6. The number of hydrogen-bond acceptors (Lipinski definition) is 4. The molecule has 0 aromatic heterocycles. The molecule has 0 aromatic carbocycles. The molecule has 0 amide bonds. The van der Waals surface area contributed by atoms with Gasteiger partial charge in [0, 0.05) is 19.7 Å². The van der Waals surface area contributed by atoms with Gasteiger partial charge in [-0.1, -0.05) is 0 Å². The molecule has 0 unspecified atom stereocenters. The summed E-state index contributed by atoms with van der Waals surface area (Å²) in [6.07, 6.45) is 0. The van der Waals surface area contributed by atoms with E-state index in [9.17, 15) is 8.42 Å². The SMILES string of the molecule is CCOCCS(=O)(=O)N1CC(CN)C1. The van der Waals surface area contributed by atoms with Crippen molar-refractivity contribution in [1.29, 1.82) is 0 Å². The van der Waals surface area contributed by atoms with Crippen LogP contribution in [0, 0.1) is 5.92 Å². The third kappa shape index (κ3) is 2.91. The number of nitrogens with zero attached hydrogens (tertiary/aromatic N) is 1. The van der Waals surface area contributed by atoms with E-state index < -0.39 is 10.0 Å². The van der Waals surface area contributed by atoms with E-state index in [4.69, 9.17) is 10.5 Å². The Morgan fingerprint density at radius 2 is 2.14 bits per heavy atom. The second-order valence-electron chi connectivity index (χ2n) is 3.43. The van der Waals surface area contributed by atoms with Crippen molar-refractivity contribution in [3.63, 3.8) is 0 Å².